The van der Waals surface area contributed by atoms with Crippen LogP contribution >= 0.6 is 0 Å². The first-order valence-electron chi connectivity index (χ1n) is 21.4. The van der Waals surface area contributed by atoms with Gasteiger partial charge in [-0.25, -0.2) is 0 Å². The van der Waals surface area contributed by atoms with Crippen LogP contribution in [0.5, 0.6) is 0 Å². The van der Waals surface area contributed by atoms with Crippen LogP contribution in [-0.2, 0) is 0 Å². The van der Waals surface area contributed by atoms with Crippen molar-refractivity contribution < 1.29 is 0 Å². The molecule has 1 heterocycles. The van der Waals surface area contributed by atoms with Crippen molar-refractivity contribution in [3.63, 3.8) is 0 Å². The Balaban J connectivity index is 1.13. The minimum Gasteiger partial charge on any atom is -0.310 e. The predicted molar refractivity (Wildman–Crippen MR) is 264 cm³/mol. The van der Waals surface area contributed by atoms with Crippen molar-refractivity contribution in [2.24, 2.45) is 0 Å². The zero-order chi connectivity index (χ0) is 41.0. The van der Waals surface area contributed by atoms with E-state index in [1.807, 2.05) is 0 Å². The second kappa shape index (κ2) is 14.8. The third-order valence-electron chi connectivity index (χ3n) is 12.5. The first kappa shape index (κ1) is 35.7. The molecule has 290 valence electrons. The second-order valence-corrected chi connectivity index (χ2v) is 16.0. The van der Waals surface area contributed by atoms with E-state index in [4.69, 9.17) is 0 Å². The molecule has 62 heavy (non-hydrogen) atoms. The van der Waals surface area contributed by atoms with Crippen LogP contribution in [0.4, 0.5) is 17.1 Å². The molecule has 0 atom stereocenters. The van der Waals surface area contributed by atoms with Gasteiger partial charge in [0.1, 0.15) is 0 Å². The number of aromatic nitrogens is 1. The van der Waals surface area contributed by atoms with Crippen LogP contribution in [0.2, 0.25) is 0 Å². The molecule has 1 aromatic heterocycles. The third kappa shape index (κ3) is 5.80. The molecule has 0 radical (unpaired) electrons. The summed E-state index contributed by atoms with van der Waals surface area (Å²) in [5.41, 5.74) is 14.1. The largest absolute Gasteiger partial charge is 0.310 e. The summed E-state index contributed by atoms with van der Waals surface area (Å²) in [7, 11) is 0. The van der Waals surface area contributed by atoms with Crippen molar-refractivity contribution in [3.05, 3.63) is 243 Å². The Morgan fingerprint density at radius 1 is 0.306 bits per heavy atom. The molecule has 0 bridgehead atoms. The van der Waals surface area contributed by atoms with E-state index in [9.17, 15) is 0 Å². The van der Waals surface area contributed by atoms with Crippen LogP contribution in [0.3, 0.4) is 0 Å². The molecule has 0 N–H and O–H groups in total. The Hall–Kier alpha value is -8.20. The number of fused-ring (bicyclic) bond motifs is 7. The summed E-state index contributed by atoms with van der Waals surface area (Å²) in [6, 6.07) is 88.5. The second-order valence-electron chi connectivity index (χ2n) is 16.0. The van der Waals surface area contributed by atoms with Crippen LogP contribution in [0.25, 0.3) is 93.2 Å². The number of para-hydroxylation sites is 2. The molecule has 0 aliphatic rings. The third-order valence-corrected chi connectivity index (χ3v) is 12.5. The number of hydrogen-bond acceptors (Lipinski definition) is 1. The molecule has 0 amide bonds. The van der Waals surface area contributed by atoms with E-state index in [0.29, 0.717) is 0 Å². The highest BCUT2D eigenvalue weighted by Crippen LogP contribution is 2.48. The van der Waals surface area contributed by atoms with Gasteiger partial charge in [0.05, 0.1) is 16.7 Å². The summed E-state index contributed by atoms with van der Waals surface area (Å²) in [5, 5.41) is 9.82. The van der Waals surface area contributed by atoms with Crippen LogP contribution < -0.4 is 4.90 Å². The van der Waals surface area contributed by atoms with Gasteiger partial charge in [-0.1, -0.05) is 188 Å². The summed E-state index contributed by atoms with van der Waals surface area (Å²) in [4.78, 5) is 2.46. The number of nitrogens with zero attached hydrogens (tertiary/aromatic N) is 2. The van der Waals surface area contributed by atoms with E-state index < -0.39 is 0 Å². The Kier molecular flexibility index (Phi) is 8.53. The molecular weight excluding hydrogens is 749 g/mol. The van der Waals surface area contributed by atoms with E-state index in [1.54, 1.807) is 0 Å². The zero-order valence-electron chi connectivity index (χ0n) is 34.0. The van der Waals surface area contributed by atoms with Gasteiger partial charge in [0.25, 0.3) is 0 Å². The molecule has 2 nitrogen and oxygen atoms in total. The molecule has 0 unspecified atom stereocenters. The minimum absolute atomic E-state index is 1.09. The van der Waals surface area contributed by atoms with Gasteiger partial charge in [-0.2, -0.15) is 0 Å². The first-order chi connectivity index (χ1) is 30.8. The predicted octanol–water partition coefficient (Wildman–Crippen LogP) is 16.7. The first-order valence-corrected chi connectivity index (χ1v) is 21.4. The van der Waals surface area contributed by atoms with Gasteiger partial charge in [-0.3, -0.25) is 0 Å². The SMILES string of the molecule is c1ccc(-c2c(-c3ccccc3)c3cc(N(c4cccc(-c5cccc6c5c5ccccc5n6-c5ccccc5)c4)c4cccc5ccccc45)ccc3c3ccccc23)cc1. The number of benzene rings is 11. The minimum atomic E-state index is 1.09. The molecule has 2 heteroatoms. The van der Waals surface area contributed by atoms with Gasteiger partial charge in [-0.15, -0.1) is 0 Å². The summed E-state index contributed by atoms with van der Waals surface area (Å²) >= 11 is 0. The topological polar surface area (TPSA) is 8.17 Å². The summed E-state index contributed by atoms with van der Waals surface area (Å²) in [5.74, 6) is 0. The maximum atomic E-state index is 2.46. The van der Waals surface area contributed by atoms with Crippen molar-refractivity contribution in [2.45, 2.75) is 0 Å². The van der Waals surface area contributed by atoms with Crippen molar-refractivity contribution in [2.75, 3.05) is 4.90 Å². The van der Waals surface area contributed by atoms with Gasteiger partial charge >= 0.3 is 0 Å². The molecule has 0 spiro atoms. The summed E-state index contributed by atoms with van der Waals surface area (Å²) in [6.07, 6.45) is 0. The molecular formula is C60H40N2. The lowest BCUT2D eigenvalue weighted by Gasteiger charge is -2.28. The van der Waals surface area contributed by atoms with Crippen molar-refractivity contribution in [1.82, 2.24) is 4.57 Å². The van der Waals surface area contributed by atoms with Crippen LogP contribution in [-0.4, -0.2) is 4.57 Å². The van der Waals surface area contributed by atoms with Crippen molar-refractivity contribution in [3.8, 4) is 39.1 Å². The van der Waals surface area contributed by atoms with E-state index in [-0.39, 0.29) is 0 Å². The summed E-state index contributed by atoms with van der Waals surface area (Å²) < 4.78 is 2.40. The number of anilines is 3. The molecule has 12 rings (SSSR count). The Morgan fingerprint density at radius 3 is 1.61 bits per heavy atom. The smallest absolute Gasteiger partial charge is 0.0547 e. The Morgan fingerprint density at radius 2 is 0.839 bits per heavy atom. The Bertz CT molecular complexity index is 3620. The van der Waals surface area contributed by atoms with E-state index in [1.165, 1.54) is 81.9 Å². The lowest BCUT2D eigenvalue weighted by molar-refractivity contribution is 1.18. The average Bonchev–Trinajstić information content (AvgIpc) is 3.69. The molecule has 0 aliphatic heterocycles. The van der Waals surface area contributed by atoms with E-state index in [0.717, 1.165) is 28.3 Å². The maximum absolute atomic E-state index is 2.46. The fraction of sp³-hybridized carbons (Fsp3) is 0. The summed E-state index contributed by atoms with van der Waals surface area (Å²) in [6.45, 7) is 0. The molecule has 0 saturated carbocycles. The quantitative estimate of drug-likeness (QED) is 0.146. The van der Waals surface area contributed by atoms with Crippen LogP contribution in [0.1, 0.15) is 0 Å². The van der Waals surface area contributed by atoms with Crippen molar-refractivity contribution in [1.29, 1.82) is 0 Å². The lowest BCUT2D eigenvalue weighted by atomic mass is 9.85. The maximum Gasteiger partial charge on any atom is 0.0547 e. The van der Waals surface area contributed by atoms with Crippen LogP contribution in [0.15, 0.2) is 243 Å². The fourth-order valence-corrected chi connectivity index (χ4v) is 9.89. The van der Waals surface area contributed by atoms with Gasteiger partial charge in [0.2, 0.25) is 0 Å². The molecule has 0 saturated heterocycles. The number of hydrogen-bond donors (Lipinski definition) is 0. The van der Waals surface area contributed by atoms with E-state index >= 15 is 0 Å². The highest BCUT2D eigenvalue weighted by Gasteiger charge is 2.22. The molecule has 0 aliphatic carbocycles. The normalized spacial score (nSPS) is 11.5. The van der Waals surface area contributed by atoms with Crippen LogP contribution in [0, 0.1) is 0 Å². The monoisotopic (exact) mass is 788 g/mol. The molecule has 12 aromatic rings. The Labute approximate surface area is 360 Å². The van der Waals surface area contributed by atoms with Crippen molar-refractivity contribution >= 4 is 71.2 Å². The standard InChI is InChI=1S/C60H40N2/c1-4-20-42(21-5-1)58-52-31-13-12-30-50(52)51-38-37-47(40-54(51)59(58)43-22-6-2-7-23-43)61(55-35-17-24-41-19-10-11-29-48(41)55)46-28-16-25-44(39-46)49-33-18-36-57-60(49)53-32-14-15-34-56(53)62(57)45-26-8-3-9-27-45/h1-40H. The lowest BCUT2D eigenvalue weighted by Crippen LogP contribution is -2.10. The molecule has 11 aromatic carbocycles. The average molecular weight is 789 g/mol. The van der Waals surface area contributed by atoms with Gasteiger partial charge in [-0.05, 0) is 115 Å². The van der Waals surface area contributed by atoms with E-state index in [2.05, 4.69) is 252 Å². The zero-order valence-corrected chi connectivity index (χ0v) is 34.0. The van der Waals surface area contributed by atoms with Gasteiger partial charge in [0, 0.05) is 33.2 Å². The highest BCUT2D eigenvalue weighted by atomic mass is 15.1. The van der Waals surface area contributed by atoms with Gasteiger partial charge < -0.3 is 9.47 Å². The number of rotatable bonds is 7. The fourth-order valence-electron chi connectivity index (χ4n) is 9.89. The van der Waals surface area contributed by atoms with Gasteiger partial charge in [0.15, 0.2) is 0 Å². The molecule has 0 fully saturated rings. The highest BCUT2D eigenvalue weighted by molar-refractivity contribution is 6.22.